The number of benzene rings is 3. The number of carbonyl (C=O) groups excluding carboxylic acids is 3. The van der Waals surface area contributed by atoms with Crippen LogP contribution in [0.3, 0.4) is 0 Å². The third-order valence-corrected chi connectivity index (χ3v) is 6.63. The van der Waals surface area contributed by atoms with Crippen molar-refractivity contribution in [2.75, 3.05) is 18.8 Å². The lowest BCUT2D eigenvalue weighted by atomic mass is 9.90. The molecule has 4 amide bonds. The highest BCUT2D eigenvalue weighted by atomic mass is 32.2. The summed E-state index contributed by atoms with van der Waals surface area (Å²) in [5, 5.41) is 7.59. The molecule has 3 aromatic rings. The number of aryl methyl sites for hydroxylation is 1. The second-order valence-electron chi connectivity index (χ2n) is 8.02. The Hall–Kier alpha value is -3.32. The van der Waals surface area contributed by atoms with E-state index in [0.29, 0.717) is 17.9 Å². The van der Waals surface area contributed by atoms with Crippen molar-refractivity contribution in [2.45, 2.75) is 24.3 Å². The van der Waals surface area contributed by atoms with Gasteiger partial charge >= 0.3 is 6.03 Å². The standard InChI is InChI=1S/C25H25N3O3S/c1-17-7-11-21(12-8-17)32-14-13-26-22(29)16-28-23(30)25(2,27-24(28)31)20-10-9-18-5-3-4-6-19(18)15-20/h3-12,15H,13-14,16H2,1-2H3,(H,26,29)(H,27,31). The Kier molecular flexibility index (Phi) is 6.19. The average Bonchev–Trinajstić information content (AvgIpc) is 3.01. The van der Waals surface area contributed by atoms with Gasteiger partial charge in [0.05, 0.1) is 0 Å². The molecule has 1 fully saturated rings. The highest BCUT2D eigenvalue weighted by molar-refractivity contribution is 7.99. The first kappa shape index (κ1) is 21.9. The molecule has 0 bridgehead atoms. The molecular formula is C25H25N3O3S. The number of nitrogens with zero attached hydrogens (tertiary/aromatic N) is 1. The largest absolute Gasteiger partial charge is 0.354 e. The first-order valence-corrected chi connectivity index (χ1v) is 11.4. The Balaban J connectivity index is 1.35. The van der Waals surface area contributed by atoms with E-state index in [4.69, 9.17) is 0 Å². The first-order chi connectivity index (χ1) is 15.4. The maximum Gasteiger partial charge on any atom is 0.325 e. The molecule has 164 valence electrons. The van der Waals surface area contributed by atoms with E-state index in [-0.39, 0.29) is 12.5 Å². The molecule has 2 N–H and O–H groups in total. The Morgan fingerprint density at radius 1 is 1.03 bits per heavy atom. The fraction of sp³-hybridized carbons (Fsp3) is 0.240. The maximum atomic E-state index is 13.1. The van der Waals surface area contributed by atoms with Crippen molar-refractivity contribution in [3.63, 3.8) is 0 Å². The quantitative estimate of drug-likeness (QED) is 0.328. The van der Waals surface area contributed by atoms with Crippen molar-refractivity contribution in [3.05, 3.63) is 77.9 Å². The molecule has 0 aliphatic carbocycles. The molecule has 0 aromatic heterocycles. The van der Waals surface area contributed by atoms with E-state index in [1.54, 1.807) is 18.7 Å². The van der Waals surface area contributed by atoms with Gasteiger partial charge in [0.1, 0.15) is 12.1 Å². The van der Waals surface area contributed by atoms with E-state index in [1.807, 2.05) is 73.7 Å². The van der Waals surface area contributed by atoms with Crippen molar-refractivity contribution in [1.82, 2.24) is 15.5 Å². The second kappa shape index (κ2) is 9.04. The highest BCUT2D eigenvalue weighted by Gasteiger charge is 2.49. The molecule has 0 saturated carbocycles. The molecule has 6 nitrogen and oxygen atoms in total. The second-order valence-corrected chi connectivity index (χ2v) is 9.19. The molecule has 1 unspecified atom stereocenters. The summed E-state index contributed by atoms with van der Waals surface area (Å²) in [6.45, 7) is 3.86. The summed E-state index contributed by atoms with van der Waals surface area (Å²) in [6, 6.07) is 21.1. The normalized spacial score (nSPS) is 18.1. The average molecular weight is 448 g/mol. The third kappa shape index (κ3) is 4.48. The number of thioether (sulfide) groups is 1. The lowest BCUT2D eigenvalue weighted by molar-refractivity contribution is -0.134. The Labute approximate surface area is 191 Å². The van der Waals surface area contributed by atoms with Crippen LogP contribution in [0.4, 0.5) is 4.79 Å². The SMILES string of the molecule is Cc1ccc(SCCNC(=O)CN2C(=O)NC(C)(c3ccc4ccccc4c3)C2=O)cc1. The fourth-order valence-corrected chi connectivity index (χ4v) is 4.50. The molecule has 1 heterocycles. The molecule has 32 heavy (non-hydrogen) atoms. The van der Waals surface area contributed by atoms with Crippen molar-refractivity contribution in [2.24, 2.45) is 0 Å². The van der Waals surface area contributed by atoms with E-state index < -0.39 is 17.5 Å². The van der Waals surface area contributed by atoms with Crippen molar-refractivity contribution >= 4 is 40.4 Å². The molecule has 0 spiro atoms. The number of nitrogens with one attached hydrogen (secondary N) is 2. The zero-order valence-corrected chi connectivity index (χ0v) is 18.9. The van der Waals surface area contributed by atoms with Crippen LogP contribution in [-0.4, -0.2) is 41.6 Å². The monoisotopic (exact) mass is 447 g/mol. The minimum Gasteiger partial charge on any atom is -0.354 e. The Morgan fingerprint density at radius 2 is 1.75 bits per heavy atom. The number of hydrogen-bond acceptors (Lipinski definition) is 4. The van der Waals surface area contributed by atoms with Crippen LogP contribution < -0.4 is 10.6 Å². The highest BCUT2D eigenvalue weighted by Crippen LogP contribution is 2.30. The summed E-state index contributed by atoms with van der Waals surface area (Å²) in [4.78, 5) is 40.1. The molecular weight excluding hydrogens is 422 g/mol. The predicted molar refractivity (Wildman–Crippen MR) is 126 cm³/mol. The van der Waals surface area contributed by atoms with Gasteiger partial charge in [-0.1, -0.05) is 54.1 Å². The minimum atomic E-state index is -1.21. The maximum absolute atomic E-state index is 13.1. The predicted octanol–water partition coefficient (Wildman–Crippen LogP) is 3.82. The van der Waals surface area contributed by atoms with Gasteiger partial charge in [-0.3, -0.25) is 14.5 Å². The molecule has 1 atom stereocenters. The van der Waals surface area contributed by atoms with Crippen LogP contribution in [0.25, 0.3) is 10.8 Å². The summed E-state index contributed by atoms with van der Waals surface area (Å²) >= 11 is 1.64. The number of hydrogen-bond donors (Lipinski definition) is 2. The molecule has 3 aromatic carbocycles. The summed E-state index contributed by atoms with van der Waals surface area (Å²) < 4.78 is 0. The van der Waals surface area contributed by atoms with Crippen LogP contribution in [0.5, 0.6) is 0 Å². The van der Waals surface area contributed by atoms with Gasteiger partial charge in [0.25, 0.3) is 5.91 Å². The lowest BCUT2D eigenvalue weighted by Crippen LogP contribution is -2.43. The minimum absolute atomic E-state index is 0.303. The molecule has 7 heteroatoms. The molecule has 1 aliphatic rings. The zero-order chi connectivity index (χ0) is 22.7. The smallest absolute Gasteiger partial charge is 0.325 e. The van der Waals surface area contributed by atoms with E-state index in [2.05, 4.69) is 10.6 Å². The Bertz CT molecular complexity index is 1180. The van der Waals surface area contributed by atoms with Gasteiger partial charge in [0, 0.05) is 17.2 Å². The number of urea groups is 1. The van der Waals surface area contributed by atoms with Crippen LogP contribution >= 0.6 is 11.8 Å². The lowest BCUT2D eigenvalue weighted by Gasteiger charge is -2.22. The van der Waals surface area contributed by atoms with E-state index >= 15 is 0 Å². The first-order valence-electron chi connectivity index (χ1n) is 10.5. The number of fused-ring (bicyclic) bond motifs is 1. The van der Waals surface area contributed by atoms with Gasteiger partial charge in [0.15, 0.2) is 0 Å². The topological polar surface area (TPSA) is 78.5 Å². The van der Waals surface area contributed by atoms with Crippen molar-refractivity contribution in [3.8, 4) is 0 Å². The van der Waals surface area contributed by atoms with Crippen LogP contribution in [0.15, 0.2) is 71.6 Å². The van der Waals surface area contributed by atoms with Gasteiger partial charge in [-0.2, -0.15) is 0 Å². The van der Waals surface area contributed by atoms with Gasteiger partial charge in [-0.05, 0) is 48.4 Å². The van der Waals surface area contributed by atoms with Crippen LogP contribution in [0.1, 0.15) is 18.1 Å². The summed E-state index contributed by atoms with van der Waals surface area (Å²) in [7, 11) is 0. The van der Waals surface area contributed by atoms with Crippen LogP contribution in [0.2, 0.25) is 0 Å². The van der Waals surface area contributed by atoms with Gasteiger partial charge in [-0.25, -0.2) is 4.79 Å². The molecule has 4 rings (SSSR count). The number of rotatable bonds is 7. The van der Waals surface area contributed by atoms with Crippen LogP contribution in [0, 0.1) is 6.92 Å². The fourth-order valence-electron chi connectivity index (χ4n) is 3.73. The molecule has 0 radical (unpaired) electrons. The number of carbonyl (C=O) groups is 3. The Morgan fingerprint density at radius 3 is 2.50 bits per heavy atom. The van der Waals surface area contributed by atoms with Gasteiger partial charge in [-0.15, -0.1) is 11.8 Å². The summed E-state index contributed by atoms with van der Waals surface area (Å²) in [5.74, 6) is -0.0910. The summed E-state index contributed by atoms with van der Waals surface area (Å²) in [5.41, 5.74) is 0.682. The molecule has 1 aliphatic heterocycles. The van der Waals surface area contributed by atoms with Crippen LogP contribution in [-0.2, 0) is 15.1 Å². The van der Waals surface area contributed by atoms with E-state index in [0.717, 1.165) is 20.6 Å². The van der Waals surface area contributed by atoms with Gasteiger partial charge in [0.2, 0.25) is 5.91 Å². The number of imide groups is 1. The number of amides is 4. The zero-order valence-electron chi connectivity index (χ0n) is 18.1. The van der Waals surface area contributed by atoms with E-state index in [1.165, 1.54) is 5.56 Å². The van der Waals surface area contributed by atoms with Gasteiger partial charge < -0.3 is 10.6 Å². The third-order valence-electron chi connectivity index (χ3n) is 5.62. The van der Waals surface area contributed by atoms with Crippen molar-refractivity contribution in [1.29, 1.82) is 0 Å². The summed E-state index contributed by atoms with van der Waals surface area (Å²) in [6.07, 6.45) is 0. The molecule has 1 saturated heterocycles. The van der Waals surface area contributed by atoms with E-state index in [9.17, 15) is 14.4 Å². The van der Waals surface area contributed by atoms with Crippen molar-refractivity contribution < 1.29 is 14.4 Å².